The lowest BCUT2D eigenvalue weighted by Crippen LogP contribution is -2.64. The van der Waals surface area contributed by atoms with Crippen molar-refractivity contribution in [1.82, 2.24) is 0 Å². The average Bonchev–Trinajstić information content (AvgIpc) is 3.15. The summed E-state index contributed by atoms with van der Waals surface area (Å²) in [6, 6.07) is 0. The van der Waals surface area contributed by atoms with E-state index >= 15 is 0 Å². The van der Waals surface area contributed by atoms with Gasteiger partial charge in [0.25, 0.3) is 0 Å². The van der Waals surface area contributed by atoms with Crippen LogP contribution in [0.1, 0.15) is 162 Å². The topological polar surface area (TPSA) is 210 Å². The first kappa shape index (κ1) is 50.3. The number of carbonyl (C=O) groups is 2. The van der Waals surface area contributed by atoms with E-state index in [0.29, 0.717) is 12.8 Å². The van der Waals surface area contributed by atoms with Crippen molar-refractivity contribution in [3.63, 3.8) is 0 Å². The van der Waals surface area contributed by atoms with Crippen molar-refractivity contribution in [1.29, 1.82) is 0 Å². The predicted octanol–water partition coefficient (Wildman–Crippen LogP) is 6.89. The summed E-state index contributed by atoms with van der Waals surface area (Å²) >= 11 is 0. The molecule has 13 nitrogen and oxygen atoms in total. The summed E-state index contributed by atoms with van der Waals surface area (Å²) in [6.07, 6.45) is 18.2. The minimum atomic E-state index is -5.11. The van der Waals surface area contributed by atoms with Crippen LogP contribution in [0, 0.1) is 0 Å². The van der Waals surface area contributed by atoms with Crippen molar-refractivity contribution in [3.8, 4) is 0 Å². The van der Waals surface area contributed by atoms with Crippen LogP contribution in [0.2, 0.25) is 0 Å². The summed E-state index contributed by atoms with van der Waals surface area (Å²) in [5.74, 6) is -1.12. The van der Waals surface area contributed by atoms with Gasteiger partial charge in [0.2, 0.25) is 0 Å². The molecule has 0 aliphatic heterocycles. The summed E-state index contributed by atoms with van der Waals surface area (Å²) in [4.78, 5) is 35.5. The van der Waals surface area contributed by atoms with Gasteiger partial charge in [-0.1, -0.05) is 115 Å². The molecule has 1 fully saturated rings. The van der Waals surface area contributed by atoms with Crippen molar-refractivity contribution in [3.05, 3.63) is 24.3 Å². The molecule has 1 aliphatic rings. The number of carbonyl (C=O) groups excluding carboxylic acids is 2. The third-order valence-electron chi connectivity index (χ3n) is 9.52. The fraction of sp³-hybridized carbons (Fsp3) is 0.850. The van der Waals surface area contributed by atoms with E-state index in [-0.39, 0.29) is 12.8 Å². The van der Waals surface area contributed by atoms with Crippen LogP contribution in [0.3, 0.4) is 0 Å². The van der Waals surface area contributed by atoms with Crippen LogP contribution >= 0.6 is 7.82 Å². The highest BCUT2D eigenvalue weighted by atomic mass is 31.2. The summed E-state index contributed by atoms with van der Waals surface area (Å²) in [5.41, 5.74) is 0. The highest BCUT2D eigenvalue weighted by molar-refractivity contribution is 7.47. The van der Waals surface area contributed by atoms with Gasteiger partial charge in [0.15, 0.2) is 6.10 Å². The molecule has 6 unspecified atom stereocenters. The minimum Gasteiger partial charge on any atom is -0.462 e. The number of allylic oxidation sites excluding steroid dienone is 4. The molecular formula is C40H73O13P. The third-order valence-corrected chi connectivity index (χ3v) is 10.5. The summed E-state index contributed by atoms with van der Waals surface area (Å²) < 4.78 is 33.3. The van der Waals surface area contributed by atoms with Crippen LogP contribution in [0.5, 0.6) is 0 Å². The smallest absolute Gasteiger partial charge is 0.462 e. The number of unbranched alkanes of at least 4 members (excludes halogenated alkanes) is 17. The van der Waals surface area contributed by atoms with Crippen molar-refractivity contribution in [2.75, 3.05) is 13.2 Å². The molecule has 0 amide bonds. The first-order valence-electron chi connectivity index (χ1n) is 20.6. The largest absolute Gasteiger partial charge is 0.472 e. The molecule has 0 spiro atoms. The van der Waals surface area contributed by atoms with Gasteiger partial charge in [-0.05, 0) is 57.8 Å². The first-order chi connectivity index (χ1) is 25.9. The van der Waals surface area contributed by atoms with E-state index in [4.69, 9.17) is 18.5 Å². The normalized spacial score (nSPS) is 23.5. The molecule has 0 saturated heterocycles. The van der Waals surface area contributed by atoms with Crippen LogP contribution in [-0.4, -0.2) is 98.3 Å². The maximum absolute atomic E-state index is 12.8. The number of aliphatic hydroxyl groups is 5. The van der Waals surface area contributed by atoms with Crippen molar-refractivity contribution < 1.29 is 63.1 Å². The Labute approximate surface area is 324 Å². The second-order valence-electron chi connectivity index (χ2n) is 14.5. The molecule has 316 valence electrons. The van der Waals surface area contributed by atoms with Gasteiger partial charge in [0.05, 0.1) is 6.61 Å². The number of phosphoric acid groups is 1. The number of rotatable bonds is 33. The SMILES string of the molecule is CCCC/C=C/CCCCCCCC(=O)OC[C@H](COP(=O)(O)OC1C(O)C(O)C(O)[C@@H](O)C1O)OC(=O)CCCCCCC/C=C/CCCCCCC. The van der Waals surface area contributed by atoms with Gasteiger partial charge < -0.3 is 39.9 Å². The number of aliphatic hydroxyl groups excluding tert-OH is 5. The van der Waals surface area contributed by atoms with Gasteiger partial charge in [-0.15, -0.1) is 0 Å². The van der Waals surface area contributed by atoms with Crippen molar-refractivity contribution in [2.24, 2.45) is 0 Å². The van der Waals surface area contributed by atoms with Crippen molar-refractivity contribution >= 4 is 19.8 Å². The van der Waals surface area contributed by atoms with Crippen LogP contribution in [0.15, 0.2) is 24.3 Å². The Kier molecular flexibility index (Phi) is 29.3. The van der Waals surface area contributed by atoms with Gasteiger partial charge in [-0.2, -0.15) is 0 Å². The van der Waals surface area contributed by atoms with Gasteiger partial charge in [0.1, 0.15) is 43.2 Å². The van der Waals surface area contributed by atoms with E-state index < -0.39 is 75.7 Å². The third kappa shape index (κ3) is 24.1. The molecule has 0 aromatic heterocycles. The Balaban J connectivity index is 2.53. The number of esters is 2. The lowest BCUT2D eigenvalue weighted by Gasteiger charge is -2.41. The number of hydrogen-bond acceptors (Lipinski definition) is 12. The number of hydrogen-bond donors (Lipinski definition) is 6. The highest BCUT2D eigenvalue weighted by Gasteiger charge is 2.51. The molecule has 0 radical (unpaired) electrons. The molecule has 1 aliphatic carbocycles. The second-order valence-corrected chi connectivity index (χ2v) is 15.9. The average molecular weight is 793 g/mol. The number of ether oxygens (including phenoxy) is 2. The van der Waals surface area contributed by atoms with E-state index in [1.165, 1.54) is 44.9 Å². The van der Waals surface area contributed by atoms with Crippen molar-refractivity contribution in [2.45, 2.75) is 204 Å². The Morgan fingerprint density at radius 1 is 0.556 bits per heavy atom. The van der Waals surface area contributed by atoms with E-state index in [0.717, 1.165) is 77.0 Å². The molecule has 8 atom stereocenters. The molecule has 14 heteroatoms. The molecular weight excluding hydrogens is 719 g/mol. The highest BCUT2D eigenvalue weighted by Crippen LogP contribution is 2.47. The Bertz CT molecular complexity index is 1050. The monoisotopic (exact) mass is 792 g/mol. The summed E-state index contributed by atoms with van der Waals surface area (Å²) in [6.45, 7) is 3.21. The predicted molar refractivity (Wildman–Crippen MR) is 207 cm³/mol. The molecule has 0 bridgehead atoms. The standard InChI is InChI=1S/C40H73O13P/c1-3-5-7-9-11-13-15-16-17-19-21-23-25-27-29-34(42)52-32(30-50-33(41)28-26-24-22-20-18-14-12-10-8-6-4-2)31-51-54(48,49)53-40-38(46)36(44)35(43)37(45)39(40)47/h10,12,15-16,32,35-40,43-47H,3-9,11,13-14,17-31H2,1-2H3,(H,48,49)/b12-10+,16-15+/t32-,35?,36-,37?,38?,39?,40?/m1/s1. The Morgan fingerprint density at radius 3 is 1.46 bits per heavy atom. The van der Waals surface area contributed by atoms with Crippen LogP contribution in [0.4, 0.5) is 0 Å². The van der Waals surface area contributed by atoms with E-state index in [9.17, 15) is 44.6 Å². The first-order valence-corrected chi connectivity index (χ1v) is 22.1. The molecule has 1 saturated carbocycles. The molecule has 54 heavy (non-hydrogen) atoms. The van der Waals surface area contributed by atoms with E-state index in [1.54, 1.807) is 0 Å². The molecule has 0 aromatic rings. The maximum Gasteiger partial charge on any atom is 0.472 e. The van der Waals surface area contributed by atoms with Gasteiger partial charge in [-0.25, -0.2) is 4.57 Å². The van der Waals surface area contributed by atoms with Gasteiger partial charge in [-0.3, -0.25) is 18.6 Å². The minimum absolute atomic E-state index is 0.0861. The molecule has 0 aromatic carbocycles. The van der Waals surface area contributed by atoms with E-state index in [1.807, 2.05) is 0 Å². The molecule has 0 heterocycles. The second kappa shape index (κ2) is 31.4. The zero-order chi connectivity index (χ0) is 40.0. The number of phosphoric ester groups is 1. The lowest BCUT2D eigenvalue weighted by atomic mass is 9.85. The van der Waals surface area contributed by atoms with Gasteiger partial charge in [0, 0.05) is 12.8 Å². The molecule has 6 N–H and O–H groups in total. The fourth-order valence-electron chi connectivity index (χ4n) is 6.08. The van der Waals surface area contributed by atoms with Crippen LogP contribution in [0.25, 0.3) is 0 Å². The van der Waals surface area contributed by atoms with E-state index in [2.05, 4.69) is 38.2 Å². The lowest BCUT2D eigenvalue weighted by molar-refractivity contribution is -0.220. The fourth-order valence-corrected chi connectivity index (χ4v) is 7.06. The molecule has 1 rings (SSSR count). The summed E-state index contributed by atoms with van der Waals surface area (Å²) in [5, 5.41) is 50.0. The van der Waals surface area contributed by atoms with Crippen LogP contribution < -0.4 is 0 Å². The quantitative estimate of drug-likeness (QED) is 0.0173. The van der Waals surface area contributed by atoms with Crippen LogP contribution in [-0.2, 0) is 32.7 Å². The van der Waals surface area contributed by atoms with Gasteiger partial charge >= 0.3 is 19.8 Å². The Hall–Kier alpha value is -1.67. The zero-order valence-corrected chi connectivity index (χ0v) is 33.9. The zero-order valence-electron chi connectivity index (χ0n) is 33.0. The summed E-state index contributed by atoms with van der Waals surface area (Å²) in [7, 11) is -5.11. The maximum atomic E-state index is 12.8. The Morgan fingerprint density at radius 2 is 0.963 bits per heavy atom.